The van der Waals surface area contributed by atoms with Crippen LogP contribution in [0.1, 0.15) is 11.1 Å². The summed E-state index contributed by atoms with van der Waals surface area (Å²) >= 11 is 0. The first kappa shape index (κ1) is 9.93. The minimum absolute atomic E-state index is 0.171. The molecule has 1 aromatic rings. The molecule has 1 amide bonds. The van der Waals surface area contributed by atoms with Gasteiger partial charge in [0, 0.05) is 5.69 Å². The molecule has 0 saturated heterocycles. The maximum Gasteiger partial charge on any atom is 0.247 e. The number of ether oxygens (including phenoxy) is 1. The molecule has 0 radical (unpaired) electrons. The molecule has 0 spiro atoms. The molecule has 1 aliphatic heterocycles. The fourth-order valence-electron chi connectivity index (χ4n) is 1.72. The molecule has 2 rings (SSSR count). The number of hydrogen-bond donors (Lipinski definition) is 1. The molecule has 15 heavy (non-hydrogen) atoms. The van der Waals surface area contributed by atoms with Crippen LogP contribution in [0.25, 0.3) is 0 Å². The van der Waals surface area contributed by atoms with E-state index in [0.717, 1.165) is 17.7 Å². The SMILES string of the molecule is C=CC(=O)Nc1cccc2c1CCOC2. The Labute approximate surface area is 88.8 Å². The summed E-state index contributed by atoms with van der Waals surface area (Å²) < 4.78 is 5.35. The van der Waals surface area contributed by atoms with Crippen LogP contribution >= 0.6 is 0 Å². The van der Waals surface area contributed by atoms with Gasteiger partial charge >= 0.3 is 0 Å². The zero-order valence-electron chi connectivity index (χ0n) is 8.45. The number of anilines is 1. The minimum atomic E-state index is -0.171. The Hall–Kier alpha value is -1.61. The molecule has 1 aliphatic rings. The summed E-state index contributed by atoms with van der Waals surface area (Å²) in [5.74, 6) is -0.171. The van der Waals surface area contributed by atoms with E-state index in [1.165, 1.54) is 11.6 Å². The van der Waals surface area contributed by atoms with Gasteiger partial charge in [0.05, 0.1) is 13.2 Å². The maximum absolute atomic E-state index is 11.2. The second-order valence-corrected chi connectivity index (χ2v) is 3.44. The van der Waals surface area contributed by atoms with Crippen molar-refractivity contribution in [1.82, 2.24) is 0 Å². The van der Waals surface area contributed by atoms with Crippen molar-refractivity contribution < 1.29 is 9.53 Å². The summed E-state index contributed by atoms with van der Waals surface area (Å²) in [4.78, 5) is 11.2. The van der Waals surface area contributed by atoms with Gasteiger partial charge in [0.1, 0.15) is 0 Å². The Kier molecular flexibility index (Phi) is 2.83. The van der Waals surface area contributed by atoms with Crippen molar-refractivity contribution in [3.05, 3.63) is 42.0 Å². The predicted octanol–water partition coefficient (Wildman–Crippen LogP) is 1.88. The van der Waals surface area contributed by atoms with Crippen molar-refractivity contribution in [2.75, 3.05) is 11.9 Å². The molecule has 3 nitrogen and oxygen atoms in total. The molecule has 1 heterocycles. The molecular weight excluding hydrogens is 190 g/mol. The summed E-state index contributed by atoms with van der Waals surface area (Å²) in [6.45, 7) is 4.78. The van der Waals surface area contributed by atoms with Crippen LogP contribution in [0.15, 0.2) is 30.9 Å². The number of hydrogen-bond acceptors (Lipinski definition) is 2. The molecule has 78 valence electrons. The quantitative estimate of drug-likeness (QED) is 0.745. The van der Waals surface area contributed by atoms with Gasteiger partial charge in [0.15, 0.2) is 0 Å². The van der Waals surface area contributed by atoms with Crippen LogP contribution < -0.4 is 5.32 Å². The van der Waals surface area contributed by atoms with Crippen LogP contribution in [-0.2, 0) is 22.6 Å². The Balaban J connectivity index is 2.30. The van der Waals surface area contributed by atoms with Crippen molar-refractivity contribution >= 4 is 11.6 Å². The van der Waals surface area contributed by atoms with Crippen molar-refractivity contribution in [3.8, 4) is 0 Å². The molecule has 0 bridgehead atoms. The normalized spacial score (nSPS) is 14.1. The fraction of sp³-hybridized carbons (Fsp3) is 0.250. The molecule has 1 N–H and O–H groups in total. The zero-order valence-corrected chi connectivity index (χ0v) is 8.45. The lowest BCUT2D eigenvalue weighted by Gasteiger charge is -2.19. The van der Waals surface area contributed by atoms with E-state index in [1.807, 2.05) is 18.2 Å². The molecule has 0 aromatic heterocycles. The Morgan fingerprint density at radius 1 is 1.53 bits per heavy atom. The third-order valence-electron chi connectivity index (χ3n) is 2.47. The van der Waals surface area contributed by atoms with Gasteiger partial charge in [-0.1, -0.05) is 18.7 Å². The molecular formula is C12H13NO2. The van der Waals surface area contributed by atoms with Gasteiger partial charge in [-0.15, -0.1) is 0 Å². The number of nitrogens with one attached hydrogen (secondary N) is 1. The van der Waals surface area contributed by atoms with E-state index in [4.69, 9.17) is 4.74 Å². The van der Waals surface area contributed by atoms with Gasteiger partial charge < -0.3 is 10.1 Å². The van der Waals surface area contributed by atoms with Gasteiger partial charge in [-0.25, -0.2) is 0 Å². The van der Waals surface area contributed by atoms with E-state index in [2.05, 4.69) is 11.9 Å². The topological polar surface area (TPSA) is 38.3 Å². The molecule has 3 heteroatoms. The summed E-state index contributed by atoms with van der Waals surface area (Å²) in [6, 6.07) is 5.86. The van der Waals surface area contributed by atoms with Gasteiger partial charge in [-0.05, 0) is 29.7 Å². The number of fused-ring (bicyclic) bond motifs is 1. The molecule has 0 unspecified atom stereocenters. The van der Waals surface area contributed by atoms with Crippen molar-refractivity contribution in [2.45, 2.75) is 13.0 Å². The lowest BCUT2D eigenvalue weighted by molar-refractivity contribution is -0.111. The molecule has 0 atom stereocenters. The largest absolute Gasteiger partial charge is 0.376 e. The van der Waals surface area contributed by atoms with Gasteiger partial charge in [0.25, 0.3) is 0 Å². The molecule has 1 aromatic carbocycles. The van der Waals surface area contributed by atoms with E-state index < -0.39 is 0 Å². The second kappa shape index (κ2) is 4.28. The second-order valence-electron chi connectivity index (χ2n) is 3.44. The molecule has 0 fully saturated rings. The van der Waals surface area contributed by atoms with Crippen LogP contribution in [0.4, 0.5) is 5.69 Å². The summed E-state index contributed by atoms with van der Waals surface area (Å²) in [6.07, 6.45) is 2.13. The number of carbonyl (C=O) groups excluding carboxylic acids is 1. The summed E-state index contributed by atoms with van der Waals surface area (Å²) in [5.41, 5.74) is 3.21. The fourth-order valence-corrected chi connectivity index (χ4v) is 1.72. The smallest absolute Gasteiger partial charge is 0.247 e. The van der Waals surface area contributed by atoms with Crippen LogP contribution in [-0.4, -0.2) is 12.5 Å². The molecule has 0 saturated carbocycles. The van der Waals surface area contributed by atoms with Crippen molar-refractivity contribution in [1.29, 1.82) is 0 Å². The number of rotatable bonds is 2. The lowest BCUT2D eigenvalue weighted by atomic mass is 10.0. The molecule has 0 aliphatic carbocycles. The van der Waals surface area contributed by atoms with Gasteiger partial charge in [0.2, 0.25) is 5.91 Å². The number of carbonyl (C=O) groups is 1. The standard InChI is InChI=1S/C12H13NO2/c1-2-12(14)13-11-5-3-4-9-8-15-7-6-10(9)11/h2-5H,1,6-8H2,(H,13,14). The third kappa shape index (κ3) is 2.07. The van der Waals surface area contributed by atoms with Crippen LogP contribution in [0.5, 0.6) is 0 Å². The van der Waals surface area contributed by atoms with Crippen LogP contribution in [0.2, 0.25) is 0 Å². The maximum atomic E-state index is 11.2. The van der Waals surface area contributed by atoms with E-state index >= 15 is 0 Å². The Morgan fingerprint density at radius 2 is 2.40 bits per heavy atom. The average molecular weight is 203 g/mol. The highest BCUT2D eigenvalue weighted by atomic mass is 16.5. The minimum Gasteiger partial charge on any atom is -0.376 e. The lowest BCUT2D eigenvalue weighted by Crippen LogP contribution is -2.15. The van der Waals surface area contributed by atoms with E-state index in [9.17, 15) is 4.79 Å². The van der Waals surface area contributed by atoms with E-state index in [0.29, 0.717) is 13.2 Å². The first-order chi connectivity index (χ1) is 7.31. The van der Waals surface area contributed by atoms with Crippen LogP contribution in [0, 0.1) is 0 Å². The Bertz CT molecular complexity index is 399. The summed E-state index contributed by atoms with van der Waals surface area (Å²) in [7, 11) is 0. The first-order valence-corrected chi connectivity index (χ1v) is 4.93. The third-order valence-corrected chi connectivity index (χ3v) is 2.47. The Morgan fingerprint density at radius 3 is 3.20 bits per heavy atom. The highest BCUT2D eigenvalue weighted by Crippen LogP contribution is 2.24. The monoisotopic (exact) mass is 203 g/mol. The zero-order chi connectivity index (χ0) is 10.7. The highest BCUT2D eigenvalue weighted by Gasteiger charge is 2.13. The van der Waals surface area contributed by atoms with Crippen molar-refractivity contribution in [2.24, 2.45) is 0 Å². The van der Waals surface area contributed by atoms with E-state index in [1.54, 1.807) is 0 Å². The van der Waals surface area contributed by atoms with Gasteiger partial charge in [-0.2, -0.15) is 0 Å². The van der Waals surface area contributed by atoms with E-state index in [-0.39, 0.29) is 5.91 Å². The van der Waals surface area contributed by atoms with Gasteiger partial charge in [-0.3, -0.25) is 4.79 Å². The van der Waals surface area contributed by atoms with Crippen LogP contribution in [0.3, 0.4) is 0 Å². The average Bonchev–Trinajstić information content (AvgIpc) is 2.29. The van der Waals surface area contributed by atoms with Crippen molar-refractivity contribution in [3.63, 3.8) is 0 Å². The predicted molar refractivity (Wildman–Crippen MR) is 58.6 cm³/mol. The number of amides is 1. The highest BCUT2D eigenvalue weighted by molar-refractivity contribution is 5.99. The summed E-state index contributed by atoms with van der Waals surface area (Å²) in [5, 5.41) is 2.81. The first-order valence-electron chi connectivity index (χ1n) is 4.93. The number of benzene rings is 1.